The maximum Gasteiger partial charge on any atom is 0.322 e. The second-order valence-electron chi connectivity index (χ2n) is 5.69. The van der Waals surface area contributed by atoms with Crippen LogP contribution < -0.4 is 27.4 Å². The number of hydrogen-bond acceptors (Lipinski definition) is 8. The molecule has 0 bridgehead atoms. The Morgan fingerprint density at radius 1 is 1.04 bits per heavy atom. The first kappa shape index (κ1) is 24.6. The van der Waals surface area contributed by atoms with Crippen molar-refractivity contribution in [2.75, 3.05) is 12.3 Å². The van der Waals surface area contributed by atoms with Gasteiger partial charge in [0.05, 0.1) is 6.10 Å². The molecular formula is C14H25N5O7S. The second kappa shape index (κ2) is 12.1. The SMILES string of the molecule is CC(O)C(N)C(=O)NC(CCC(N)=O)C(=O)NC(CS)C(=O)NCC(=O)O. The summed E-state index contributed by atoms with van der Waals surface area (Å²) in [7, 11) is 0. The molecule has 0 spiro atoms. The van der Waals surface area contributed by atoms with Crippen LogP contribution in [0.2, 0.25) is 0 Å². The molecule has 4 atom stereocenters. The van der Waals surface area contributed by atoms with Crippen molar-refractivity contribution < 1.29 is 34.2 Å². The van der Waals surface area contributed by atoms with E-state index in [1.54, 1.807) is 0 Å². The van der Waals surface area contributed by atoms with Crippen molar-refractivity contribution in [3.63, 3.8) is 0 Å². The number of aliphatic hydroxyl groups excluding tert-OH is 1. The van der Waals surface area contributed by atoms with Crippen LogP contribution in [0.4, 0.5) is 0 Å². The number of aliphatic carboxylic acids is 1. The monoisotopic (exact) mass is 407 g/mol. The van der Waals surface area contributed by atoms with Crippen LogP contribution in [-0.4, -0.2) is 76.3 Å². The quantitative estimate of drug-likeness (QED) is 0.149. The number of primary amides is 1. The molecule has 27 heavy (non-hydrogen) atoms. The van der Waals surface area contributed by atoms with Gasteiger partial charge in [-0.2, -0.15) is 12.6 Å². The van der Waals surface area contributed by atoms with Crippen molar-refractivity contribution >= 4 is 42.2 Å². The molecule has 0 aromatic heterocycles. The molecule has 9 N–H and O–H groups in total. The Bertz CT molecular complexity index is 572. The number of carboxylic acid groups (broad SMARTS) is 1. The number of carbonyl (C=O) groups is 5. The number of nitrogens with one attached hydrogen (secondary N) is 3. The molecule has 0 aromatic rings. The predicted molar refractivity (Wildman–Crippen MR) is 96.4 cm³/mol. The van der Waals surface area contributed by atoms with Crippen molar-refractivity contribution in [2.45, 2.75) is 44.0 Å². The largest absolute Gasteiger partial charge is 0.480 e. The highest BCUT2D eigenvalue weighted by molar-refractivity contribution is 7.80. The molecule has 0 fully saturated rings. The number of carboxylic acids is 1. The third-order valence-electron chi connectivity index (χ3n) is 3.36. The highest BCUT2D eigenvalue weighted by Crippen LogP contribution is 2.01. The van der Waals surface area contributed by atoms with Crippen molar-refractivity contribution in [1.82, 2.24) is 16.0 Å². The van der Waals surface area contributed by atoms with Gasteiger partial charge in [-0.15, -0.1) is 0 Å². The first-order valence-corrected chi connectivity index (χ1v) is 8.55. The van der Waals surface area contributed by atoms with Crippen LogP contribution in [0.3, 0.4) is 0 Å². The number of amides is 4. The number of nitrogens with two attached hydrogens (primary N) is 2. The van der Waals surface area contributed by atoms with Gasteiger partial charge in [0.1, 0.15) is 24.7 Å². The Hall–Kier alpha value is -2.38. The standard InChI is InChI=1S/C14H25N5O7S/c1-6(20)11(16)14(26)18-7(2-3-9(15)21)13(25)19-8(5-27)12(24)17-4-10(22)23/h6-8,11,20,27H,2-5,16H2,1H3,(H2,15,21)(H,17,24)(H,18,26)(H,19,25)(H,22,23). The summed E-state index contributed by atoms with van der Waals surface area (Å²) in [5.41, 5.74) is 10.5. The normalized spacial score (nSPS) is 15.0. The summed E-state index contributed by atoms with van der Waals surface area (Å²) in [4.78, 5) is 57.7. The fourth-order valence-electron chi connectivity index (χ4n) is 1.79. The van der Waals surface area contributed by atoms with Gasteiger partial charge < -0.3 is 37.6 Å². The molecule has 12 nitrogen and oxygen atoms in total. The molecule has 13 heteroatoms. The molecule has 0 saturated heterocycles. The van der Waals surface area contributed by atoms with Gasteiger partial charge in [-0.05, 0) is 13.3 Å². The molecule has 0 aliphatic rings. The molecule has 0 aliphatic heterocycles. The summed E-state index contributed by atoms with van der Waals surface area (Å²) < 4.78 is 0. The fraction of sp³-hybridized carbons (Fsp3) is 0.643. The molecule has 0 aromatic carbocycles. The first-order valence-electron chi connectivity index (χ1n) is 7.92. The molecule has 0 heterocycles. The van der Waals surface area contributed by atoms with E-state index in [0.29, 0.717) is 0 Å². The molecule has 0 aliphatic carbocycles. The first-order chi connectivity index (χ1) is 12.5. The lowest BCUT2D eigenvalue weighted by Crippen LogP contribution is -2.57. The van der Waals surface area contributed by atoms with E-state index < -0.39 is 60.4 Å². The van der Waals surface area contributed by atoms with E-state index in [1.165, 1.54) is 6.92 Å². The third kappa shape index (κ3) is 9.77. The number of thiol groups is 1. The minimum atomic E-state index is -1.31. The number of rotatable bonds is 12. The Kier molecular flexibility index (Phi) is 11.0. The van der Waals surface area contributed by atoms with E-state index in [2.05, 4.69) is 28.6 Å². The van der Waals surface area contributed by atoms with Gasteiger partial charge >= 0.3 is 5.97 Å². The molecule has 0 saturated carbocycles. The Morgan fingerprint density at radius 3 is 2.04 bits per heavy atom. The van der Waals surface area contributed by atoms with E-state index in [4.69, 9.17) is 16.6 Å². The maximum atomic E-state index is 12.4. The summed E-state index contributed by atoms with van der Waals surface area (Å²) in [5.74, 6) is -4.60. The topological polar surface area (TPSA) is 214 Å². The summed E-state index contributed by atoms with van der Waals surface area (Å²) in [6.07, 6.45) is -1.59. The Labute approximate surface area is 160 Å². The molecular weight excluding hydrogens is 382 g/mol. The highest BCUT2D eigenvalue weighted by atomic mass is 32.1. The molecule has 0 rings (SSSR count). The molecule has 4 amide bonds. The van der Waals surface area contributed by atoms with Crippen LogP contribution in [0.1, 0.15) is 19.8 Å². The van der Waals surface area contributed by atoms with Gasteiger partial charge in [0.15, 0.2) is 0 Å². The molecule has 0 radical (unpaired) electrons. The zero-order valence-corrected chi connectivity index (χ0v) is 15.6. The van der Waals surface area contributed by atoms with E-state index in [0.717, 1.165) is 0 Å². The van der Waals surface area contributed by atoms with Gasteiger partial charge in [0.25, 0.3) is 0 Å². The number of carbonyl (C=O) groups excluding carboxylic acids is 4. The fourth-order valence-corrected chi connectivity index (χ4v) is 2.05. The molecule has 154 valence electrons. The lowest BCUT2D eigenvalue weighted by atomic mass is 10.1. The zero-order chi connectivity index (χ0) is 21.1. The van der Waals surface area contributed by atoms with Crippen molar-refractivity contribution in [3.05, 3.63) is 0 Å². The van der Waals surface area contributed by atoms with E-state index in [9.17, 15) is 29.1 Å². The zero-order valence-electron chi connectivity index (χ0n) is 14.7. The average Bonchev–Trinajstić information content (AvgIpc) is 2.59. The second-order valence-corrected chi connectivity index (χ2v) is 6.05. The van der Waals surface area contributed by atoms with Crippen LogP contribution in [0, 0.1) is 0 Å². The van der Waals surface area contributed by atoms with Crippen LogP contribution >= 0.6 is 12.6 Å². The van der Waals surface area contributed by atoms with Gasteiger partial charge in [0.2, 0.25) is 23.6 Å². The summed E-state index contributed by atoms with van der Waals surface area (Å²) in [6, 6.07) is -3.75. The van der Waals surface area contributed by atoms with Crippen molar-refractivity contribution in [2.24, 2.45) is 11.5 Å². The van der Waals surface area contributed by atoms with Gasteiger partial charge in [-0.25, -0.2) is 0 Å². The van der Waals surface area contributed by atoms with Crippen molar-refractivity contribution in [3.8, 4) is 0 Å². The summed E-state index contributed by atoms with van der Waals surface area (Å²) in [6.45, 7) is 0.635. The van der Waals surface area contributed by atoms with Crippen LogP contribution in [-0.2, 0) is 24.0 Å². The van der Waals surface area contributed by atoms with Gasteiger partial charge in [0, 0.05) is 12.2 Å². The number of hydrogen-bond donors (Lipinski definition) is 8. The number of aliphatic hydroxyl groups is 1. The lowest BCUT2D eigenvalue weighted by Gasteiger charge is -2.23. The summed E-state index contributed by atoms with van der Waals surface area (Å²) >= 11 is 3.92. The Morgan fingerprint density at radius 2 is 1.59 bits per heavy atom. The Balaban J connectivity index is 5.08. The van der Waals surface area contributed by atoms with Crippen LogP contribution in [0.25, 0.3) is 0 Å². The highest BCUT2D eigenvalue weighted by Gasteiger charge is 2.29. The van der Waals surface area contributed by atoms with E-state index >= 15 is 0 Å². The van der Waals surface area contributed by atoms with Gasteiger partial charge in [-0.1, -0.05) is 0 Å². The smallest absolute Gasteiger partial charge is 0.322 e. The van der Waals surface area contributed by atoms with E-state index in [1.807, 2.05) is 0 Å². The maximum absolute atomic E-state index is 12.4. The summed E-state index contributed by atoms with van der Waals surface area (Å²) in [5, 5.41) is 24.6. The minimum absolute atomic E-state index is 0.152. The van der Waals surface area contributed by atoms with Crippen molar-refractivity contribution in [1.29, 1.82) is 0 Å². The lowest BCUT2D eigenvalue weighted by molar-refractivity contribution is -0.138. The minimum Gasteiger partial charge on any atom is -0.480 e. The van der Waals surface area contributed by atoms with E-state index in [-0.39, 0.29) is 18.6 Å². The average molecular weight is 407 g/mol. The van der Waals surface area contributed by atoms with Crippen LogP contribution in [0.5, 0.6) is 0 Å². The predicted octanol–water partition coefficient (Wildman–Crippen LogP) is -3.94. The third-order valence-corrected chi connectivity index (χ3v) is 3.73. The van der Waals surface area contributed by atoms with Crippen LogP contribution in [0.15, 0.2) is 0 Å². The van der Waals surface area contributed by atoms with Gasteiger partial charge in [-0.3, -0.25) is 24.0 Å². The molecule has 4 unspecified atom stereocenters.